The number of amides is 1. The summed E-state index contributed by atoms with van der Waals surface area (Å²) in [4.78, 5) is 36.4. The van der Waals surface area contributed by atoms with Crippen molar-refractivity contribution in [3.05, 3.63) is 66.2 Å². The number of hydrogen-bond donors (Lipinski definition) is 1. The average molecular weight is 385 g/mol. The SMILES string of the molecule is O=C(COC(=O)CCC(=O)c1ccccc1)NCCCSc1ccccc1. The van der Waals surface area contributed by atoms with Gasteiger partial charge in [-0.1, -0.05) is 48.5 Å². The van der Waals surface area contributed by atoms with Crippen LogP contribution in [0.2, 0.25) is 0 Å². The molecule has 1 N–H and O–H groups in total. The number of benzene rings is 2. The Morgan fingerprint density at radius 1 is 0.889 bits per heavy atom. The van der Waals surface area contributed by atoms with Gasteiger partial charge in [0.15, 0.2) is 12.4 Å². The van der Waals surface area contributed by atoms with Crippen molar-refractivity contribution in [2.45, 2.75) is 24.2 Å². The first kappa shape index (κ1) is 20.7. The summed E-state index contributed by atoms with van der Waals surface area (Å²) in [5.74, 6) is -0.101. The first-order valence-corrected chi connectivity index (χ1v) is 9.82. The van der Waals surface area contributed by atoms with Crippen molar-refractivity contribution in [1.82, 2.24) is 5.32 Å². The normalized spacial score (nSPS) is 10.2. The van der Waals surface area contributed by atoms with Gasteiger partial charge in [-0.25, -0.2) is 0 Å². The molecule has 5 nitrogen and oxygen atoms in total. The first-order chi connectivity index (χ1) is 13.1. The molecule has 0 bridgehead atoms. The van der Waals surface area contributed by atoms with Gasteiger partial charge in [-0.2, -0.15) is 0 Å². The van der Waals surface area contributed by atoms with E-state index in [2.05, 4.69) is 5.32 Å². The largest absolute Gasteiger partial charge is 0.456 e. The Hall–Kier alpha value is -2.60. The van der Waals surface area contributed by atoms with Crippen LogP contribution < -0.4 is 5.32 Å². The summed E-state index contributed by atoms with van der Waals surface area (Å²) in [7, 11) is 0. The zero-order valence-electron chi connectivity index (χ0n) is 15.1. The molecular weight excluding hydrogens is 362 g/mol. The van der Waals surface area contributed by atoms with Crippen LogP contribution in [0.5, 0.6) is 0 Å². The minimum absolute atomic E-state index is 0.0330. The summed E-state index contributed by atoms with van der Waals surface area (Å²) in [5, 5.41) is 2.72. The molecule has 0 saturated heterocycles. The molecule has 0 fully saturated rings. The van der Waals surface area contributed by atoms with E-state index in [-0.39, 0.29) is 31.1 Å². The molecule has 0 aliphatic heterocycles. The quantitative estimate of drug-likeness (QED) is 0.277. The van der Waals surface area contributed by atoms with Crippen LogP contribution in [-0.4, -0.2) is 36.6 Å². The third kappa shape index (κ3) is 8.55. The van der Waals surface area contributed by atoms with Gasteiger partial charge in [0.2, 0.25) is 0 Å². The van der Waals surface area contributed by atoms with Gasteiger partial charge in [0.25, 0.3) is 5.91 Å². The number of nitrogens with one attached hydrogen (secondary N) is 1. The lowest BCUT2D eigenvalue weighted by molar-refractivity contribution is -0.148. The second-order valence-electron chi connectivity index (χ2n) is 5.81. The summed E-state index contributed by atoms with van der Waals surface area (Å²) >= 11 is 1.73. The van der Waals surface area contributed by atoms with Crippen molar-refractivity contribution in [3.63, 3.8) is 0 Å². The van der Waals surface area contributed by atoms with Crippen molar-refractivity contribution in [2.24, 2.45) is 0 Å². The maximum absolute atomic E-state index is 11.9. The Kier molecular flexibility index (Phi) is 9.13. The average Bonchev–Trinajstić information content (AvgIpc) is 2.71. The van der Waals surface area contributed by atoms with Crippen molar-refractivity contribution in [3.8, 4) is 0 Å². The lowest BCUT2D eigenvalue weighted by Crippen LogP contribution is -2.29. The first-order valence-electron chi connectivity index (χ1n) is 8.83. The fraction of sp³-hybridized carbons (Fsp3) is 0.286. The van der Waals surface area contributed by atoms with Crippen LogP contribution in [0.15, 0.2) is 65.6 Å². The van der Waals surface area contributed by atoms with Gasteiger partial charge < -0.3 is 10.1 Å². The highest BCUT2D eigenvalue weighted by Gasteiger charge is 2.11. The molecule has 0 saturated carbocycles. The maximum Gasteiger partial charge on any atom is 0.306 e. The highest BCUT2D eigenvalue weighted by Crippen LogP contribution is 2.17. The Balaban J connectivity index is 1.52. The van der Waals surface area contributed by atoms with E-state index in [0.29, 0.717) is 12.1 Å². The van der Waals surface area contributed by atoms with Gasteiger partial charge in [0, 0.05) is 23.4 Å². The Morgan fingerprint density at radius 3 is 2.26 bits per heavy atom. The molecule has 0 radical (unpaired) electrons. The van der Waals surface area contributed by atoms with E-state index in [4.69, 9.17) is 4.74 Å². The molecule has 27 heavy (non-hydrogen) atoms. The number of hydrogen-bond acceptors (Lipinski definition) is 5. The Labute approximate surface area is 163 Å². The Morgan fingerprint density at radius 2 is 1.56 bits per heavy atom. The van der Waals surface area contributed by atoms with Crippen LogP contribution in [0.4, 0.5) is 0 Å². The van der Waals surface area contributed by atoms with Gasteiger partial charge in [-0.05, 0) is 24.3 Å². The monoisotopic (exact) mass is 385 g/mol. The van der Waals surface area contributed by atoms with Crippen LogP contribution in [0.1, 0.15) is 29.6 Å². The van der Waals surface area contributed by atoms with Crippen LogP contribution in [0.3, 0.4) is 0 Å². The molecule has 2 aromatic carbocycles. The van der Waals surface area contributed by atoms with E-state index in [0.717, 1.165) is 12.2 Å². The van der Waals surface area contributed by atoms with Crippen molar-refractivity contribution >= 4 is 29.4 Å². The van der Waals surface area contributed by atoms with Crippen molar-refractivity contribution in [1.29, 1.82) is 0 Å². The number of Topliss-reactive ketones (excluding diaryl/α,β-unsaturated/α-hetero) is 1. The molecule has 2 aromatic rings. The number of ether oxygens (including phenoxy) is 1. The number of carbonyl (C=O) groups is 3. The minimum Gasteiger partial charge on any atom is -0.456 e. The van der Waals surface area contributed by atoms with E-state index in [1.165, 1.54) is 4.90 Å². The lowest BCUT2D eigenvalue weighted by atomic mass is 10.1. The van der Waals surface area contributed by atoms with E-state index >= 15 is 0 Å². The van der Waals surface area contributed by atoms with E-state index in [1.54, 1.807) is 36.0 Å². The maximum atomic E-state index is 11.9. The molecule has 0 spiro atoms. The fourth-order valence-corrected chi connectivity index (χ4v) is 3.13. The standard InChI is InChI=1S/C21H23NO4S/c23-19(17-8-3-1-4-9-17)12-13-21(25)26-16-20(24)22-14-7-15-27-18-10-5-2-6-11-18/h1-6,8-11H,7,12-16H2,(H,22,24). The summed E-state index contributed by atoms with van der Waals surface area (Å²) in [6, 6.07) is 18.8. The highest BCUT2D eigenvalue weighted by atomic mass is 32.2. The van der Waals surface area contributed by atoms with Gasteiger partial charge in [0.05, 0.1) is 6.42 Å². The third-order valence-corrected chi connectivity index (χ3v) is 4.77. The van der Waals surface area contributed by atoms with E-state index < -0.39 is 5.97 Å². The molecule has 0 unspecified atom stereocenters. The summed E-state index contributed by atoms with van der Waals surface area (Å²) in [6.07, 6.45) is 0.862. The molecule has 0 aromatic heterocycles. The summed E-state index contributed by atoms with van der Waals surface area (Å²) < 4.78 is 4.91. The van der Waals surface area contributed by atoms with Crippen LogP contribution in [0.25, 0.3) is 0 Å². The van der Waals surface area contributed by atoms with E-state index in [9.17, 15) is 14.4 Å². The van der Waals surface area contributed by atoms with Crippen LogP contribution >= 0.6 is 11.8 Å². The number of esters is 1. The number of ketones is 1. The zero-order valence-corrected chi connectivity index (χ0v) is 15.9. The predicted octanol–water partition coefficient (Wildman–Crippen LogP) is 3.49. The topological polar surface area (TPSA) is 72.5 Å². The number of rotatable bonds is 11. The molecule has 6 heteroatoms. The molecule has 0 aliphatic carbocycles. The summed E-state index contributed by atoms with van der Waals surface area (Å²) in [5.41, 5.74) is 0.566. The van der Waals surface area contributed by atoms with Gasteiger partial charge in [-0.3, -0.25) is 14.4 Å². The highest BCUT2D eigenvalue weighted by molar-refractivity contribution is 7.99. The fourth-order valence-electron chi connectivity index (χ4n) is 2.26. The summed E-state index contributed by atoms with van der Waals surface area (Å²) in [6.45, 7) is 0.215. The second kappa shape index (κ2) is 11.9. The van der Waals surface area contributed by atoms with Gasteiger partial charge in [-0.15, -0.1) is 11.8 Å². The molecule has 2 rings (SSSR count). The van der Waals surface area contributed by atoms with Gasteiger partial charge >= 0.3 is 5.97 Å². The van der Waals surface area contributed by atoms with Gasteiger partial charge in [0.1, 0.15) is 0 Å². The lowest BCUT2D eigenvalue weighted by Gasteiger charge is -2.07. The number of thioether (sulfide) groups is 1. The minimum atomic E-state index is -0.547. The third-order valence-electron chi connectivity index (χ3n) is 3.67. The predicted molar refractivity (Wildman–Crippen MR) is 106 cm³/mol. The smallest absolute Gasteiger partial charge is 0.306 e. The molecule has 0 aliphatic rings. The molecule has 142 valence electrons. The Bertz CT molecular complexity index is 734. The molecule has 1 amide bonds. The molecule has 0 atom stereocenters. The molecule has 0 heterocycles. The van der Waals surface area contributed by atoms with E-state index in [1.807, 2.05) is 36.4 Å². The van der Waals surface area contributed by atoms with Crippen LogP contribution in [0, 0.1) is 0 Å². The van der Waals surface area contributed by atoms with Crippen LogP contribution in [-0.2, 0) is 14.3 Å². The second-order valence-corrected chi connectivity index (χ2v) is 6.98. The molecular formula is C21H23NO4S. The zero-order chi connectivity index (χ0) is 19.3. The van der Waals surface area contributed by atoms with Crippen molar-refractivity contribution < 1.29 is 19.1 Å². The number of carbonyl (C=O) groups excluding carboxylic acids is 3. The van der Waals surface area contributed by atoms with Crippen molar-refractivity contribution in [2.75, 3.05) is 18.9 Å².